The van der Waals surface area contributed by atoms with Crippen LogP contribution in [0.5, 0.6) is 11.5 Å². The lowest BCUT2D eigenvalue weighted by atomic mass is 10.1. The fourth-order valence-electron chi connectivity index (χ4n) is 2.20. The normalized spacial score (nSPS) is 10.4. The molecule has 0 saturated carbocycles. The summed E-state index contributed by atoms with van der Waals surface area (Å²) < 4.78 is 12.0. The van der Waals surface area contributed by atoms with Crippen molar-refractivity contribution >= 4 is 21.9 Å². The molecule has 4 nitrogen and oxygen atoms in total. The predicted molar refractivity (Wildman–Crippen MR) is 92.7 cm³/mol. The van der Waals surface area contributed by atoms with E-state index in [0.717, 1.165) is 16.9 Å². The number of aryl methyl sites for hydroxylation is 2. The van der Waals surface area contributed by atoms with E-state index in [9.17, 15) is 4.79 Å². The van der Waals surface area contributed by atoms with E-state index in [1.165, 1.54) is 17.7 Å². The van der Waals surface area contributed by atoms with Crippen molar-refractivity contribution in [3.63, 3.8) is 0 Å². The van der Waals surface area contributed by atoms with Crippen LogP contribution in [0.15, 0.2) is 34.8 Å². The van der Waals surface area contributed by atoms with Crippen LogP contribution in [-0.4, -0.2) is 24.3 Å². The number of aromatic carboxylic acids is 1. The Bertz CT molecular complexity index is 725. The molecule has 0 fully saturated rings. The van der Waals surface area contributed by atoms with Crippen LogP contribution >= 0.6 is 15.9 Å². The van der Waals surface area contributed by atoms with Gasteiger partial charge in [-0.2, -0.15) is 0 Å². The van der Waals surface area contributed by atoms with E-state index in [1.54, 1.807) is 6.07 Å². The Morgan fingerprint density at radius 1 is 1.04 bits per heavy atom. The van der Waals surface area contributed by atoms with Crippen molar-refractivity contribution in [2.24, 2.45) is 0 Å². The summed E-state index contributed by atoms with van der Waals surface area (Å²) in [5.41, 5.74) is 3.71. The summed E-state index contributed by atoms with van der Waals surface area (Å²) in [4.78, 5) is 10.9. The lowest BCUT2D eigenvalue weighted by molar-refractivity contribution is 0.0696. The van der Waals surface area contributed by atoms with E-state index in [2.05, 4.69) is 28.9 Å². The summed E-state index contributed by atoms with van der Waals surface area (Å²) in [6, 6.07) is 8.80. The third-order valence-corrected chi connectivity index (χ3v) is 4.16. The zero-order valence-corrected chi connectivity index (χ0v) is 14.9. The lowest BCUT2D eigenvalue weighted by Gasteiger charge is -2.13. The van der Waals surface area contributed by atoms with Gasteiger partial charge in [0.15, 0.2) is 0 Å². The summed E-state index contributed by atoms with van der Waals surface area (Å²) in [5.74, 6) is 0.494. The number of carboxylic acid groups (broad SMARTS) is 1. The van der Waals surface area contributed by atoms with E-state index in [-0.39, 0.29) is 5.56 Å². The maximum absolute atomic E-state index is 10.9. The molecule has 0 spiro atoms. The first-order valence-corrected chi connectivity index (χ1v) is 8.04. The smallest absolute Gasteiger partial charge is 0.335 e. The van der Waals surface area contributed by atoms with Gasteiger partial charge in [-0.25, -0.2) is 4.79 Å². The number of rotatable bonds is 6. The SMILES string of the molecule is Cc1cc(C)c(C)c(OCCOc2ccc(C(=O)O)cc2Br)c1. The van der Waals surface area contributed by atoms with Gasteiger partial charge in [0, 0.05) is 0 Å². The molecule has 5 heteroatoms. The van der Waals surface area contributed by atoms with Crippen molar-refractivity contribution in [2.45, 2.75) is 20.8 Å². The van der Waals surface area contributed by atoms with E-state index in [0.29, 0.717) is 23.4 Å². The van der Waals surface area contributed by atoms with Crippen LogP contribution in [0.1, 0.15) is 27.0 Å². The molecule has 0 atom stereocenters. The van der Waals surface area contributed by atoms with Crippen molar-refractivity contribution in [2.75, 3.05) is 13.2 Å². The van der Waals surface area contributed by atoms with Crippen molar-refractivity contribution in [1.29, 1.82) is 0 Å². The van der Waals surface area contributed by atoms with Gasteiger partial charge in [-0.05, 0) is 77.7 Å². The fraction of sp³-hybridized carbons (Fsp3) is 0.278. The average molecular weight is 379 g/mol. The minimum atomic E-state index is -0.967. The molecule has 0 amide bonds. The zero-order valence-electron chi connectivity index (χ0n) is 13.4. The first-order chi connectivity index (χ1) is 10.9. The zero-order chi connectivity index (χ0) is 17.0. The highest BCUT2D eigenvalue weighted by Gasteiger charge is 2.08. The van der Waals surface area contributed by atoms with E-state index < -0.39 is 5.97 Å². The molecule has 23 heavy (non-hydrogen) atoms. The first-order valence-electron chi connectivity index (χ1n) is 7.25. The van der Waals surface area contributed by atoms with Crippen LogP contribution in [0.25, 0.3) is 0 Å². The molecule has 2 aromatic carbocycles. The van der Waals surface area contributed by atoms with Crippen molar-refractivity contribution in [1.82, 2.24) is 0 Å². The Morgan fingerprint density at radius 2 is 1.70 bits per heavy atom. The number of benzene rings is 2. The molecule has 2 aromatic rings. The second-order valence-electron chi connectivity index (χ2n) is 5.35. The first kappa shape index (κ1) is 17.3. The molecular formula is C18H19BrO4. The summed E-state index contributed by atoms with van der Waals surface area (Å²) in [5, 5.41) is 8.93. The second-order valence-corrected chi connectivity index (χ2v) is 6.21. The minimum Gasteiger partial charge on any atom is -0.490 e. The molecule has 2 rings (SSSR count). The minimum absolute atomic E-state index is 0.214. The number of ether oxygens (including phenoxy) is 2. The van der Waals surface area contributed by atoms with Crippen molar-refractivity contribution < 1.29 is 19.4 Å². The van der Waals surface area contributed by atoms with E-state index in [1.807, 2.05) is 19.9 Å². The largest absolute Gasteiger partial charge is 0.490 e. The number of halogens is 1. The lowest BCUT2D eigenvalue weighted by Crippen LogP contribution is -2.10. The molecular weight excluding hydrogens is 360 g/mol. The fourth-order valence-corrected chi connectivity index (χ4v) is 2.70. The van der Waals surface area contributed by atoms with E-state index >= 15 is 0 Å². The van der Waals surface area contributed by atoms with E-state index in [4.69, 9.17) is 14.6 Å². The van der Waals surface area contributed by atoms with Gasteiger partial charge in [-0.3, -0.25) is 0 Å². The van der Waals surface area contributed by atoms with Gasteiger partial charge in [0.1, 0.15) is 24.7 Å². The Kier molecular flexibility index (Phi) is 5.66. The summed E-state index contributed by atoms with van der Waals surface area (Å²) in [7, 11) is 0. The molecule has 1 N–H and O–H groups in total. The summed E-state index contributed by atoms with van der Waals surface area (Å²) >= 11 is 3.31. The predicted octanol–water partition coefficient (Wildman–Crippen LogP) is 4.53. The molecule has 0 aliphatic rings. The van der Waals surface area contributed by atoms with Crippen molar-refractivity contribution in [3.05, 3.63) is 57.1 Å². The highest BCUT2D eigenvalue weighted by atomic mass is 79.9. The van der Waals surface area contributed by atoms with Gasteiger partial charge in [-0.15, -0.1) is 0 Å². The van der Waals surface area contributed by atoms with Gasteiger partial charge in [0.2, 0.25) is 0 Å². The average Bonchev–Trinajstić information content (AvgIpc) is 2.49. The number of hydrogen-bond acceptors (Lipinski definition) is 3. The van der Waals surface area contributed by atoms with Gasteiger partial charge < -0.3 is 14.6 Å². The quantitative estimate of drug-likeness (QED) is 0.750. The molecule has 122 valence electrons. The number of carbonyl (C=O) groups is 1. The Hall–Kier alpha value is -2.01. The summed E-state index contributed by atoms with van der Waals surface area (Å²) in [6.07, 6.45) is 0. The van der Waals surface area contributed by atoms with Crippen LogP contribution in [0.2, 0.25) is 0 Å². The molecule has 0 heterocycles. The topological polar surface area (TPSA) is 55.8 Å². The van der Waals surface area contributed by atoms with Crippen LogP contribution in [0.4, 0.5) is 0 Å². The van der Waals surface area contributed by atoms with Gasteiger partial charge in [0.05, 0.1) is 10.0 Å². The maximum atomic E-state index is 10.9. The molecule has 0 bridgehead atoms. The van der Waals surface area contributed by atoms with Crippen LogP contribution in [0, 0.1) is 20.8 Å². The molecule has 0 unspecified atom stereocenters. The standard InChI is InChI=1S/C18H19BrO4/c1-11-8-12(2)13(3)17(9-11)23-7-6-22-16-5-4-14(18(20)21)10-15(16)19/h4-5,8-10H,6-7H2,1-3H3,(H,20,21). The third-order valence-electron chi connectivity index (χ3n) is 3.54. The third kappa shape index (κ3) is 4.48. The molecule has 0 aliphatic carbocycles. The summed E-state index contributed by atoms with van der Waals surface area (Å²) in [6.45, 7) is 6.92. The van der Waals surface area contributed by atoms with Crippen molar-refractivity contribution in [3.8, 4) is 11.5 Å². The molecule has 0 saturated heterocycles. The molecule has 0 radical (unpaired) electrons. The maximum Gasteiger partial charge on any atom is 0.335 e. The van der Waals surface area contributed by atoms with Gasteiger partial charge in [-0.1, -0.05) is 6.07 Å². The highest BCUT2D eigenvalue weighted by Crippen LogP contribution is 2.26. The van der Waals surface area contributed by atoms with Crippen LogP contribution in [0.3, 0.4) is 0 Å². The van der Waals surface area contributed by atoms with Crippen LogP contribution in [-0.2, 0) is 0 Å². The monoisotopic (exact) mass is 378 g/mol. The Morgan fingerprint density at radius 3 is 2.30 bits per heavy atom. The number of carboxylic acids is 1. The van der Waals surface area contributed by atoms with Gasteiger partial charge in [0.25, 0.3) is 0 Å². The van der Waals surface area contributed by atoms with Crippen LogP contribution < -0.4 is 9.47 Å². The second kappa shape index (κ2) is 7.51. The molecule has 0 aromatic heterocycles. The number of hydrogen-bond donors (Lipinski definition) is 1. The molecule has 0 aliphatic heterocycles. The Labute approximate surface area is 144 Å². The van der Waals surface area contributed by atoms with Gasteiger partial charge >= 0.3 is 5.97 Å². The highest BCUT2D eigenvalue weighted by molar-refractivity contribution is 9.10. The Balaban J connectivity index is 1.92.